The summed E-state index contributed by atoms with van der Waals surface area (Å²) in [6, 6.07) is 11.6. The number of ether oxygens (including phenoxy) is 1. The molecule has 0 unspecified atom stereocenters. The van der Waals surface area contributed by atoms with Crippen LogP contribution in [0.4, 0.5) is 5.69 Å². The Kier molecular flexibility index (Phi) is 7.31. The second-order valence-electron chi connectivity index (χ2n) is 9.82. The van der Waals surface area contributed by atoms with Crippen LogP contribution in [0, 0.1) is 0 Å². The van der Waals surface area contributed by atoms with Gasteiger partial charge >= 0.3 is 0 Å². The van der Waals surface area contributed by atoms with E-state index in [0.29, 0.717) is 13.0 Å². The molecule has 0 spiro atoms. The Morgan fingerprint density at radius 1 is 1.09 bits per heavy atom. The van der Waals surface area contributed by atoms with Gasteiger partial charge < -0.3 is 19.9 Å². The molecule has 0 aliphatic heterocycles. The van der Waals surface area contributed by atoms with E-state index in [9.17, 15) is 9.59 Å². The molecular formula is C29H37N3O3. The zero-order valence-electron chi connectivity index (χ0n) is 21.6. The van der Waals surface area contributed by atoms with Crippen LogP contribution in [0.3, 0.4) is 0 Å². The number of likely N-dealkylation sites (N-methyl/N-ethyl adjacent to an activating group) is 1. The number of carbonyl (C=O) groups is 2. The highest BCUT2D eigenvalue weighted by atomic mass is 16.5. The van der Waals surface area contributed by atoms with E-state index in [0.717, 1.165) is 77.2 Å². The van der Waals surface area contributed by atoms with Crippen LogP contribution in [0.25, 0.3) is 10.9 Å². The van der Waals surface area contributed by atoms with Gasteiger partial charge in [-0.05, 0) is 55.4 Å². The van der Waals surface area contributed by atoms with E-state index in [2.05, 4.69) is 49.8 Å². The van der Waals surface area contributed by atoms with Crippen molar-refractivity contribution < 1.29 is 14.3 Å². The number of nitrogens with zero attached hydrogens (tertiary/aromatic N) is 1. The van der Waals surface area contributed by atoms with Crippen molar-refractivity contribution >= 4 is 28.3 Å². The van der Waals surface area contributed by atoms with Crippen molar-refractivity contribution in [1.29, 1.82) is 0 Å². The normalized spacial score (nSPS) is 14.2. The highest BCUT2D eigenvalue weighted by Gasteiger charge is 2.39. The van der Waals surface area contributed by atoms with E-state index in [1.54, 1.807) is 0 Å². The van der Waals surface area contributed by atoms with E-state index in [-0.39, 0.29) is 11.7 Å². The molecule has 0 saturated carbocycles. The lowest BCUT2D eigenvalue weighted by molar-refractivity contribution is -0.116. The molecule has 1 amide bonds. The first kappa shape index (κ1) is 25.0. The minimum atomic E-state index is -0.402. The molecule has 1 aliphatic rings. The van der Waals surface area contributed by atoms with Crippen molar-refractivity contribution in [2.45, 2.75) is 59.3 Å². The molecule has 2 aromatic carbocycles. The van der Waals surface area contributed by atoms with Crippen LogP contribution >= 0.6 is 0 Å². The zero-order chi connectivity index (χ0) is 25.2. The first-order valence-electron chi connectivity index (χ1n) is 12.8. The largest absolute Gasteiger partial charge is 0.492 e. The molecular weight excluding hydrogens is 438 g/mol. The highest BCUT2D eigenvalue weighted by molar-refractivity contribution is 6.20. The number of rotatable bonds is 10. The van der Waals surface area contributed by atoms with Crippen molar-refractivity contribution in [3.8, 4) is 5.75 Å². The molecule has 0 fully saturated rings. The first-order valence-corrected chi connectivity index (χ1v) is 12.8. The number of nitrogens with one attached hydrogen (secondary N) is 2. The molecule has 0 bridgehead atoms. The van der Waals surface area contributed by atoms with Crippen molar-refractivity contribution in [3.63, 3.8) is 0 Å². The van der Waals surface area contributed by atoms with Gasteiger partial charge in [0.25, 0.3) is 0 Å². The minimum Gasteiger partial charge on any atom is -0.492 e. The first-order chi connectivity index (χ1) is 16.8. The number of hydrogen-bond acceptors (Lipinski definition) is 4. The van der Waals surface area contributed by atoms with Crippen LogP contribution in [0.15, 0.2) is 36.4 Å². The van der Waals surface area contributed by atoms with Crippen molar-refractivity contribution in [3.05, 3.63) is 58.8 Å². The molecule has 1 heterocycles. The Labute approximate surface area is 208 Å². The smallest absolute Gasteiger partial charge is 0.224 e. The van der Waals surface area contributed by atoms with Crippen LogP contribution in [0.5, 0.6) is 5.75 Å². The maximum absolute atomic E-state index is 13.6. The third kappa shape index (κ3) is 4.85. The summed E-state index contributed by atoms with van der Waals surface area (Å²) in [5.74, 6) is 0.822. The molecule has 0 atom stereocenters. The number of aromatic amines is 1. The predicted octanol–water partition coefficient (Wildman–Crippen LogP) is 5.89. The topological polar surface area (TPSA) is 74.4 Å². The summed E-state index contributed by atoms with van der Waals surface area (Å²) in [5, 5.41) is 3.86. The standard InChI is InChI=1S/C29H37N3O3/c1-6-9-10-25(33)30-19-11-13-22-24(17-19)31-28-26(22)27(34)21-14-12-20(18-23(21)29(28,4)5)35-16-15-32(7-2)8-3/h11-14,17-18,31H,6-10,15-16H2,1-5H3,(H,30,33). The Morgan fingerprint density at radius 3 is 2.57 bits per heavy atom. The third-order valence-corrected chi connectivity index (χ3v) is 7.17. The Bertz CT molecular complexity index is 1240. The minimum absolute atomic E-state index is 0.0138. The van der Waals surface area contributed by atoms with Crippen LogP contribution < -0.4 is 10.1 Å². The van der Waals surface area contributed by atoms with Gasteiger partial charge in [0.2, 0.25) is 5.91 Å². The van der Waals surface area contributed by atoms with Crippen molar-refractivity contribution in [2.75, 3.05) is 31.6 Å². The average molecular weight is 476 g/mol. The Hall–Kier alpha value is -3.12. The lowest BCUT2D eigenvalue weighted by Gasteiger charge is -2.32. The van der Waals surface area contributed by atoms with Crippen molar-refractivity contribution in [2.24, 2.45) is 0 Å². The molecule has 6 heteroatoms. The maximum atomic E-state index is 13.6. The van der Waals surface area contributed by atoms with Crippen LogP contribution in [-0.4, -0.2) is 47.8 Å². The van der Waals surface area contributed by atoms with Crippen molar-refractivity contribution in [1.82, 2.24) is 9.88 Å². The average Bonchev–Trinajstić information content (AvgIpc) is 3.24. The second kappa shape index (κ2) is 10.2. The van der Waals surface area contributed by atoms with Gasteiger partial charge in [0, 0.05) is 46.2 Å². The number of amides is 1. The highest BCUT2D eigenvalue weighted by Crippen LogP contribution is 2.44. The molecule has 2 N–H and O–H groups in total. The second-order valence-corrected chi connectivity index (χ2v) is 9.82. The maximum Gasteiger partial charge on any atom is 0.224 e. The Balaban J connectivity index is 1.63. The van der Waals surface area contributed by atoms with E-state index in [1.807, 2.05) is 36.4 Å². The van der Waals surface area contributed by atoms with Gasteiger partial charge in [-0.2, -0.15) is 0 Å². The number of carbonyl (C=O) groups excluding carboxylic acids is 2. The van der Waals surface area contributed by atoms with E-state index < -0.39 is 5.41 Å². The zero-order valence-corrected chi connectivity index (χ0v) is 21.6. The predicted molar refractivity (Wildman–Crippen MR) is 142 cm³/mol. The summed E-state index contributed by atoms with van der Waals surface area (Å²) < 4.78 is 6.06. The summed E-state index contributed by atoms with van der Waals surface area (Å²) in [4.78, 5) is 31.6. The summed E-state index contributed by atoms with van der Waals surface area (Å²) in [6.07, 6.45) is 2.36. The molecule has 1 aromatic heterocycles. The Morgan fingerprint density at radius 2 is 1.86 bits per heavy atom. The third-order valence-electron chi connectivity index (χ3n) is 7.17. The van der Waals surface area contributed by atoms with E-state index in [4.69, 9.17) is 4.74 Å². The number of ketones is 1. The van der Waals surface area contributed by atoms with Gasteiger partial charge in [0.1, 0.15) is 12.4 Å². The molecule has 3 aromatic rings. The van der Waals surface area contributed by atoms with E-state index in [1.165, 1.54) is 0 Å². The van der Waals surface area contributed by atoms with Gasteiger partial charge in [-0.3, -0.25) is 9.59 Å². The fourth-order valence-electron chi connectivity index (χ4n) is 4.97. The molecule has 35 heavy (non-hydrogen) atoms. The van der Waals surface area contributed by atoms with Gasteiger partial charge in [-0.25, -0.2) is 0 Å². The fraction of sp³-hybridized carbons (Fsp3) is 0.448. The fourth-order valence-corrected chi connectivity index (χ4v) is 4.97. The molecule has 4 rings (SSSR count). The van der Waals surface area contributed by atoms with Gasteiger partial charge in [-0.15, -0.1) is 0 Å². The van der Waals surface area contributed by atoms with Gasteiger partial charge in [0.05, 0.1) is 5.56 Å². The number of anilines is 1. The molecule has 186 valence electrons. The summed E-state index contributed by atoms with van der Waals surface area (Å²) in [5.41, 5.74) is 4.50. The number of unbranched alkanes of at least 4 members (excludes halogenated alkanes) is 1. The molecule has 0 saturated heterocycles. The molecule has 1 aliphatic carbocycles. The lowest BCUT2D eigenvalue weighted by Crippen LogP contribution is -2.30. The quantitative estimate of drug-likeness (QED) is 0.384. The van der Waals surface area contributed by atoms with Gasteiger partial charge in [-0.1, -0.05) is 47.1 Å². The SMILES string of the molecule is CCCCC(=O)Nc1ccc2c3c([nH]c2c1)C(C)(C)c1cc(OCCN(CC)CC)ccc1C3=O. The monoisotopic (exact) mass is 475 g/mol. The van der Waals surface area contributed by atoms with Crippen LogP contribution in [-0.2, 0) is 10.2 Å². The van der Waals surface area contributed by atoms with Crippen LogP contribution in [0.1, 0.15) is 81.1 Å². The molecule has 6 nitrogen and oxygen atoms in total. The van der Waals surface area contributed by atoms with Crippen LogP contribution in [0.2, 0.25) is 0 Å². The molecule has 0 radical (unpaired) electrons. The van der Waals surface area contributed by atoms with E-state index >= 15 is 0 Å². The number of benzene rings is 2. The summed E-state index contributed by atoms with van der Waals surface area (Å²) >= 11 is 0. The number of hydrogen-bond donors (Lipinski definition) is 2. The number of H-pyrrole nitrogens is 1. The number of fused-ring (bicyclic) bond motifs is 4. The lowest BCUT2D eigenvalue weighted by atomic mass is 9.71. The summed E-state index contributed by atoms with van der Waals surface area (Å²) in [6.45, 7) is 14.1. The van der Waals surface area contributed by atoms with Gasteiger partial charge in [0.15, 0.2) is 5.78 Å². The summed E-state index contributed by atoms with van der Waals surface area (Å²) in [7, 11) is 0. The number of aromatic nitrogens is 1.